The molecule has 3 heteroatoms. The standard InChI is InChI=1S/C14H18N2O/c1-12-3-2-4-13(7-12)5-6-16-9-14(8-15)10-17-11-14/h2-4,7,16H,5-6,9-11H2,1H3. The molecular weight excluding hydrogens is 212 g/mol. The molecule has 3 nitrogen and oxygen atoms in total. The van der Waals surface area contributed by atoms with Gasteiger partial charge in [0.05, 0.1) is 19.3 Å². The van der Waals surface area contributed by atoms with Gasteiger partial charge in [-0.1, -0.05) is 29.8 Å². The molecule has 1 aliphatic heterocycles. The van der Waals surface area contributed by atoms with E-state index in [9.17, 15) is 0 Å². The number of rotatable bonds is 5. The fourth-order valence-electron chi connectivity index (χ4n) is 1.98. The number of hydrogen-bond donors (Lipinski definition) is 1. The second-order valence-corrected chi connectivity index (χ2v) is 4.80. The van der Waals surface area contributed by atoms with E-state index in [-0.39, 0.29) is 5.41 Å². The predicted octanol–water partition coefficient (Wildman–Crippen LogP) is 1.67. The first-order valence-electron chi connectivity index (χ1n) is 5.99. The Labute approximate surface area is 102 Å². The van der Waals surface area contributed by atoms with E-state index in [1.807, 2.05) is 0 Å². The lowest BCUT2D eigenvalue weighted by atomic mass is 9.88. The van der Waals surface area contributed by atoms with Gasteiger partial charge < -0.3 is 10.1 Å². The molecule has 0 saturated carbocycles. The highest BCUT2D eigenvalue weighted by Gasteiger charge is 2.38. The van der Waals surface area contributed by atoms with Crippen LogP contribution in [0.15, 0.2) is 24.3 Å². The third kappa shape index (κ3) is 3.06. The molecule has 0 spiro atoms. The van der Waals surface area contributed by atoms with Gasteiger partial charge in [0.1, 0.15) is 5.41 Å². The SMILES string of the molecule is Cc1cccc(CCNCC2(C#N)COC2)c1. The van der Waals surface area contributed by atoms with Gasteiger partial charge in [-0.05, 0) is 25.5 Å². The topological polar surface area (TPSA) is 45.0 Å². The highest BCUT2D eigenvalue weighted by Crippen LogP contribution is 2.25. The van der Waals surface area contributed by atoms with Crippen LogP contribution in [0.25, 0.3) is 0 Å². The number of nitrogens with zero attached hydrogens (tertiary/aromatic N) is 1. The van der Waals surface area contributed by atoms with Crippen molar-refractivity contribution in [3.63, 3.8) is 0 Å². The van der Waals surface area contributed by atoms with Crippen molar-refractivity contribution in [3.05, 3.63) is 35.4 Å². The van der Waals surface area contributed by atoms with Crippen molar-refractivity contribution >= 4 is 0 Å². The quantitative estimate of drug-likeness (QED) is 0.783. The van der Waals surface area contributed by atoms with Crippen molar-refractivity contribution in [1.29, 1.82) is 5.26 Å². The Morgan fingerprint density at radius 3 is 2.88 bits per heavy atom. The lowest BCUT2D eigenvalue weighted by molar-refractivity contribution is -0.0752. The van der Waals surface area contributed by atoms with E-state index in [4.69, 9.17) is 10.00 Å². The molecule has 0 amide bonds. The van der Waals surface area contributed by atoms with E-state index in [0.717, 1.165) is 19.5 Å². The predicted molar refractivity (Wildman–Crippen MR) is 66.6 cm³/mol. The summed E-state index contributed by atoms with van der Waals surface area (Å²) in [6.07, 6.45) is 1.00. The highest BCUT2D eigenvalue weighted by molar-refractivity contribution is 5.22. The van der Waals surface area contributed by atoms with Gasteiger partial charge in [0, 0.05) is 6.54 Å². The largest absolute Gasteiger partial charge is 0.378 e. The highest BCUT2D eigenvalue weighted by atomic mass is 16.5. The van der Waals surface area contributed by atoms with E-state index in [0.29, 0.717) is 13.2 Å². The summed E-state index contributed by atoms with van der Waals surface area (Å²) in [5.41, 5.74) is 2.36. The zero-order chi connectivity index (χ0) is 12.1. The smallest absolute Gasteiger partial charge is 0.116 e. The fraction of sp³-hybridized carbons (Fsp3) is 0.500. The van der Waals surface area contributed by atoms with E-state index < -0.39 is 0 Å². The molecule has 1 aromatic carbocycles. The van der Waals surface area contributed by atoms with Crippen LogP contribution in [0, 0.1) is 23.7 Å². The Kier molecular flexibility index (Phi) is 3.78. The summed E-state index contributed by atoms with van der Waals surface area (Å²) in [6.45, 7) is 4.89. The lowest BCUT2D eigenvalue weighted by Gasteiger charge is -2.35. The second kappa shape index (κ2) is 5.31. The van der Waals surface area contributed by atoms with Gasteiger partial charge in [-0.15, -0.1) is 0 Å². The number of ether oxygens (including phenoxy) is 1. The monoisotopic (exact) mass is 230 g/mol. The molecule has 0 radical (unpaired) electrons. The molecule has 0 aliphatic carbocycles. The Morgan fingerprint density at radius 2 is 2.29 bits per heavy atom. The summed E-state index contributed by atoms with van der Waals surface area (Å²) in [7, 11) is 0. The van der Waals surface area contributed by atoms with Crippen LogP contribution in [-0.4, -0.2) is 26.3 Å². The van der Waals surface area contributed by atoms with Crippen LogP contribution in [0.3, 0.4) is 0 Å². The van der Waals surface area contributed by atoms with Crippen LogP contribution < -0.4 is 5.32 Å². The van der Waals surface area contributed by atoms with Gasteiger partial charge in [0.25, 0.3) is 0 Å². The second-order valence-electron chi connectivity index (χ2n) is 4.80. The first-order chi connectivity index (χ1) is 8.24. The molecule has 1 heterocycles. The summed E-state index contributed by atoms with van der Waals surface area (Å²) in [4.78, 5) is 0. The first kappa shape index (κ1) is 12.1. The van der Waals surface area contributed by atoms with Crippen LogP contribution in [0.2, 0.25) is 0 Å². The zero-order valence-electron chi connectivity index (χ0n) is 10.2. The Bertz CT molecular complexity index is 418. The van der Waals surface area contributed by atoms with Crippen molar-refractivity contribution < 1.29 is 4.74 Å². The molecule has 17 heavy (non-hydrogen) atoms. The van der Waals surface area contributed by atoms with Crippen LogP contribution in [-0.2, 0) is 11.2 Å². The number of nitrogens with one attached hydrogen (secondary N) is 1. The van der Waals surface area contributed by atoms with E-state index in [1.165, 1.54) is 11.1 Å². The molecule has 0 aromatic heterocycles. The third-order valence-corrected chi connectivity index (χ3v) is 3.13. The van der Waals surface area contributed by atoms with Gasteiger partial charge in [-0.2, -0.15) is 5.26 Å². The maximum Gasteiger partial charge on any atom is 0.116 e. The molecular formula is C14H18N2O. The van der Waals surface area contributed by atoms with Crippen molar-refractivity contribution in [3.8, 4) is 6.07 Å². The van der Waals surface area contributed by atoms with Gasteiger partial charge in [-0.3, -0.25) is 0 Å². The molecule has 2 rings (SSSR count). The molecule has 1 aliphatic rings. The number of nitriles is 1. The molecule has 0 bridgehead atoms. The molecule has 1 aromatic rings. The number of benzene rings is 1. The normalized spacial score (nSPS) is 17.2. The van der Waals surface area contributed by atoms with Gasteiger partial charge in [-0.25, -0.2) is 0 Å². The Balaban J connectivity index is 1.72. The number of hydrogen-bond acceptors (Lipinski definition) is 3. The minimum Gasteiger partial charge on any atom is -0.378 e. The first-order valence-corrected chi connectivity index (χ1v) is 5.99. The minimum atomic E-state index is -0.271. The van der Waals surface area contributed by atoms with Gasteiger partial charge >= 0.3 is 0 Å². The molecule has 1 N–H and O–H groups in total. The third-order valence-electron chi connectivity index (χ3n) is 3.13. The van der Waals surface area contributed by atoms with Crippen LogP contribution in [0.1, 0.15) is 11.1 Å². The van der Waals surface area contributed by atoms with Crippen molar-refractivity contribution in [1.82, 2.24) is 5.32 Å². The summed E-state index contributed by atoms with van der Waals surface area (Å²) in [6, 6.07) is 10.9. The minimum absolute atomic E-state index is 0.271. The van der Waals surface area contributed by atoms with Crippen LogP contribution in [0.5, 0.6) is 0 Å². The van der Waals surface area contributed by atoms with E-state index in [1.54, 1.807) is 0 Å². The average molecular weight is 230 g/mol. The summed E-state index contributed by atoms with van der Waals surface area (Å²) in [5.74, 6) is 0. The van der Waals surface area contributed by atoms with Crippen molar-refractivity contribution in [2.24, 2.45) is 5.41 Å². The fourth-order valence-corrected chi connectivity index (χ4v) is 1.98. The van der Waals surface area contributed by atoms with Crippen molar-refractivity contribution in [2.75, 3.05) is 26.3 Å². The van der Waals surface area contributed by atoms with E-state index >= 15 is 0 Å². The Morgan fingerprint density at radius 1 is 1.47 bits per heavy atom. The van der Waals surface area contributed by atoms with Crippen LogP contribution >= 0.6 is 0 Å². The van der Waals surface area contributed by atoms with Crippen LogP contribution in [0.4, 0.5) is 0 Å². The molecule has 0 unspecified atom stereocenters. The molecule has 1 saturated heterocycles. The zero-order valence-corrected chi connectivity index (χ0v) is 10.2. The Hall–Kier alpha value is -1.37. The average Bonchev–Trinajstić information content (AvgIpc) is 2.27. The van der Waals surface area contributed by atoms with Crippen molar-refractivity contribution in [2.45, 2.75) is 13.3 Å². The van der Waals surface area contributed by atoms with E-state index in [2.05, 4.69) is 42.6 Å². The number of aryl methyl sites for hydroxylation is 1. The molecule has 0 atom stereocenters. The summed E-state index contributed by atoms with van der Waals surface area (Å²) >= 11 is 0. The summed E-state index contributed by atoms with van der Waals surface area (Å²) in [5, 5.41) is 12.4. The summed E-state index contributed by atoms with van der Waals surface area (Å²) < 4.78 is 5.10. The molecule has 1 fully saturated rings. The van der Waals surface area contributed by atoms with Gasteiger partial charge in [0.2, 0.25) is 0 Å². The maximum atomic E-state index is 9.02. The lowest BCUT2D eigenvalue weighted by Crippen LogP contribution is -2.48. The molecule has 90 valence electrons. The maximum absolute atomic E-state index is 9.02. The van der Waals surface area contributed by atoms with Gasteiger partial charge in [0.15, 0.2) is 0 Å².